The number of hydrogen-bond acceptors (Lipinski definition) is 2. The maximum atomic E-state index is 3.79. The van der Waals surface area contributed by atoms with Crippen LogP contribution in [0.2, 0.25) is 0 Å². The lowest BCUT2D eigenvalue weighted by Gasteiger charge is -2.29. The topological polar surface area (TPSA) is 12.0 Å². The van der Waals surface area contributed by atoms with Gasteiger partial charge in [-0.3, -0.25) is 0 Å². The van der Waals surface area contributed by atoms with Gasteiger partial charge in [-0.1, -0.05) is 38.0 Å². The van der Waals surface area contributed by atoms with Crippen LogP contribution in [0.4, 0.5) is 0 Å². The molecule has 2 heteroatoms. The smallest absolute Gasteiger partial charge is 0.0346 e. The summed E-state index contributed by atoms with van der Waals surface area (Å²) >= 11 is 1.87. The van der Waals surface area contributed by atoms with Crippen molar-refractivity contribution in [3.63, 3.8) is 0 Å². The van der Waals surface area contributed by atoms with Crippen molar-refractivity contribution in [1.29, 1.82) is 0 Å². The summed E-state index contributed by atoms with van der Waals surface area (Å²) in [7, 11) is 0. The van der Waals surface area contributed by atoms with Gasteiger partial charge in [-0.05, 0) is 54.0 Å². The van der Waals surface area contributed by atoms with Gasteiger partial charge in [0, 0.05) is 17.3 Å². The fourth-order valence-corrected chi connectivity index (χ4v) is 4.45. The van der Waals surface area contributed by atoms with Crippen LogP contribution < -0.4 is 5.32 Å². The first-order valence-electron chi connectivity index (χ1n) is 8.05. The standard InChI is InChI=1S/C18H25NS/c1-2-5-14-8-10-16(11-9-14)19-12-15-13-20-18-7-4-3-6-17(15)18/h3-4,6-7,13-14,16,19H,2,5,8-12H2,1H3. The van der Waals surface area contributed by atoms with Gasteiger partial charge in [0.05, 0.1) is 0 Å². The van der Waals surface area contributed by atoms with E-state index in [9.17, 15) is 0 Å². The van der Waals surface area contributed by atoms with E-state index in [0.717, 1.165) is 18.5 Å². The lowest BCUT2D eigenvalue weighted by atomic mass is 9.83. The molecule has 0 bridgehead atoms. The molecule has 0 atom stereocenters. The van der Waals surface area contributed by atoms with E-state index in [1.165, 1.54) is 54.2 Å². The van der Waals surface area contributed by atoms with Crippen molar-refractivity contribution in [2.24, 2.45) is 5.92 Å². The molecule has 1 nitrogen and oxygen atoms in total. The highest BCUT2D eigenvalue weighted by molar-refractivity contribution is 7.17. The molecule has 108 valence electrons. The monoisotopic (exact) mass is 287 g/mol. The second kappa shape index (κ2) is 6.73. The largest absolute Gasteiger partial charge is 0.310 e. The van der Waals surface area contributed by atoms with E-state index in [0.29, 0.717) is 0 Å². The third-order valence-corrected chi connectivity index (χ3v) is 5.70. The first-order valence-corrected chi connectivity index (χ1v) is 8.93. The van der Waals surface area contributed by atoms with Gasteiger partial charge in [0.15, 0.2) is 0 Å². The van der Waals surface area contributed by atoms with E-state index < -0.39 is 0 Å². The van der Waals surface area contributed by atoms with Crippen molar-refractivity contribution in [2.45, 2.75) is 58.0 Å². The highest BCUT2D eigenvalue weighted by atomic mass is 32.1. The van der Waals surface area contributed by atoms with Crippen LogP contribution in [0.15, 0.2) is 29.6 Å². The molecule has 1 aromatic carbocycles. The van der Waals surface area contributed by atoms with E-state index in [1.807, 2.05) is 11.3 Å². The molecule has 1 aromatic heterocycles. The van der Waals surface area contributed by atoms with E-state index in [-0.39, 0.29) is 0 Å². The molecule has 1 heterocycles. The van der Waals surface area contributed by atoms with Gasteiger partial charge in [-0.25, -0.2) is 0 Å². The molecule has 1 aliphatic rings. The average molecular weight is 287 g/mol. The summed E-state index contributed by atoms with van der Waals surface area (Å²) < 4.78 is 1.41. The fraction of sp³-hybridized carbons (Fsp3) is 0.556. The summed E-state index contributed by atoms with van der Waals surface area (Å²) in [6.07, 6.45) is 8.37. The third-order valence-electron chi connectivity index (χ3n) is 4.69. The zero-order chi connectivity index (χ0) is 13.8. The molecule has 1 fully saturated rings. The van der Waals surface area contributed by atoms with Crippen molar-refractivity contribution in [1.82, 2.24) is 5.32 Å². The van der Waals surface area contributed by atoms with Crippen LogP contribution in [-0.4, -0.2) is 6.04 Å². The molecule has 1 aliphatic carbocycles. The summed E-state index contributed by atoms with van der Waals surface area (Å²) in [5, 5.41) is 7.54. The van der Waals surface area contributed by atoms with Gasteiger partial charge >= 0.3 is 0 Å². The summed E-state index contributed by atoms with van der Waals surface area (Å²) in [5.41, 5.74) is 1.47. The quantitative estimate of drug-likeness (QED) is 0.781. The van der Waals surface area contributed by atoms with Crippen molar-refractivity contribution in [3.05, 3.63) is 35.2 Å². The first kappa shape index (κ1) is 14.1. The molecule has 2 aromatic rings. The SMILES string of the molecule is CCCC1CCC(NCc2csc3ccccc23)CC1. The van der Waals surface area contributed by atoms with E-state index in [2.05, 4.69) is 41.9 Å². The molecule has 0 aliphatic heterocycles. The van der Waals surface area contributed by atoms with Gasteiger partial charge in [0.25, 0.3) is 0 Å². The van der Waals surface area contributed by atoms with Gasteiger partial charge in [0.2, 0.25) is 0 Å². The predicted molar refractivity (Wildman–Crippen MR) is 89.3 cm³/mol. The van der Waals surface area contributed by atoms with E-state index in [1.54, 1.807) is 0 Å². The molecular formula is C18H25NS. The Morgan fingerprint density at radius 3 is 2.75 bits per heavy atom. The number of rotatable bonds is 5. The van der Waals surface area contributed by atoms with Crippen LogP contribution in [0.3, 0.4) is 0 Å². The molecule has 0 radical (unpaired) electrons. The Morgan fingerprint density at radius 1 is 1.15 bits per heavy atom. The summed E-state index contributed by atoms with van der Waals surface area (Å²) in [6.45, 7) is 3.35. The second-order valence-corrected chi connectivity index (χ2v) is 7.06. The fourth-order valence-electron chi connectivity index (χ4n) is 3.49. The maximum absolute atomic E-state index is 3.79. The van der Waals surface area contributed by atoms with Gasteiger partial charge in [-0.2, -0.15) is 0 Å². The Bertz CT molecular complexity index is 537. The van der Waals surface area contributed by atoms with Crippen molar-refractivity contribution in [2.75, 3.05) is 0 Å². The lowest BCUT2D eigenvalue weighted by molar-refractivity contribution is 0.278. The van der Waals surface area contributed by atoms with Crippen LogP contribution in [0.1, 0.15) is 51.0 Å². The minimum absolute atomic E-state index is 0.738. The first-order chi connectivity index (χ1) is 9.86. The normalized spacial score (nSPS) is 23.2. The molecule has 1 N–H and O–H groups in total. The lowest BCUT2D eigenvalue weighted by Crippen LogP contribution is -2.32. The molecule has 0 saturated heterocycles. The number of thiophene rings is 1. The summed E-state index contributed by atoms with van der Waals surface area (Å²) in [6, 6.07) is 9.49. The maximum Gasteiger partial charge on any atom is 0.0346 e. The van der Waals surface area contributed by atoms with Crippen LogP contribution in [0.25, 0.3) is 10.1 Å². The summed E-state index contributed by atoms with van der Waals surface area (Å²) in [5.74, 6) is 1.00. The molecular weight excluding hydrogens is 262 g/mol. The zero-order valence-corrected chi connectivity index (χ0v) is 13.2. The Hall–Kier alpha value is -0.860. The van der Waals surface area contributed by atoms with E-state index >= 15 is 0 Å². The van der Waals surface area contributed by atoms with Gasteiger partial charge in [-0.15, -0.1) is 11.3 Å². The zero-order valence-electron chi connectivity index (χ0n) is 12.4. The third kappa shape index (κ3) is 3.24. The number of fused-ring (bicyclic) bond motifs is 1. The molecule has 3 rings (SSSR count). The molecule has 0 amide bonds. The highest BCUT2D eigenvalue weighted by Gasteiger charge is 2.20. The van der Waals surface area contributed by atoms with Crippen LogP contribution >= 0.6 is 11.3 Å². The molecule has 1 saturated carbocycles. The Kier molecular flexibility index (Phi) is 4.74. The predicted octanol–water partition coefficient (Wildman–Crippen LogP) is 5.35. The van der Waals surface area contributed by atoms with Crippen molar-refractivity contribution >= 4 is 21.4 Å². The van der Waals surface area contributed by atoms with E-state index in [4.69, 9.17) is 0 Å². The minimum atomic E-state index is 0.738. The number of nitrogens with one attached hydrogen (secondary N) is 1. The van der Waals surface area contributed by atoms with Gasteiger partial charge in [0.1, 0.15) is 0 Å². The van der Waals surface area contributed by atoms with Crippen LogP contribution in [0, 0.1) is 5.92 Å². The van der Waals surface area contributed by atoms with Gasteiger partial charge < -0.3 is 5.32 Å². The minimum Gasteiger partial charge on any atom is -0.310 e. The Labute approximate surface area is 126 Å². The molecule has 0 unspecified atom stereocenters. The van der Waals surface area contributed by atoms with Crippen LogP contribution in [-0.2, 0) is 6.54 Å². The van der Waals surface area contributed by atoms with Crippen molar-refractivity contribution in [3.8, 4) is 0 Å². The Morgan fingerprint density at radius 2 is 1.95 bits per heavy atom. The molecule has 0 spiro atoms. The average Bonchev–Trinajstić information content (AvgIpc) is 2.90. The molecule has 20 heavy (non-hydrogen) atoms. The number of hydrogen-bond donors (Lipinski definition) is 1. The summed E-state index contributed by atoms with van der Waals surface area (Å²) in [4.78, 5) is 0. The van der Waals surface area contributed by atoms with Crippen LogP contribution in [0.5, 0.6) is 0 Å². The van der Waals surface area contributed by atoms with Crippen molar-refractivity contribution < 1.29 is 0 Å². The number of benzene rings is 1. The second-order valence-electron chi connectivity index (χ2n) is 6.14. The Balaban J connectivity index is 1.53. The highest BCUT2D eigenvalue weighted by Crippen LogP contribution is 2.29.